The Morgan fingerprint density at radius 3 is 0.971 bits per heavy atom. The van der Waals surface area contributed by atoms with Crippen LogP contribution >= 0.6 is 0 Å². The molecule has 0 radical (unpaired) electrons. The van der Waals surface area contributed by atoms with Gasteiger partial charge in [0.25, 0.3) is 10.1 Å². The Labute approximate surface area is 235 Å². The van der Waals surface area contributed by atoms with Gasteiger partial charge in [-0.1, -0.05) is 161 Å². The maximum absolute atomic E-state index is 10.7. The molecule has 0 rings (SSSR count). The molecule has 0 aliphatic rings. The Bertz CT molecular complexity index is 485. The summed E-state index contributed by atoms with van der Waals surface area (Å²) in [6.45, 7) is 2.29. The Hall–Kier alpha value is 0.870. The average molecular weight is 515 g/mol. The molecule has 0 amide bonds. The zero-order valence-electron chi connectivity index (χ0n) is 22.1. The van der Waals surface area contributed by atoms with Crippen LogP contribution in [0.3, 0.4) is 0 Å². The van der Waals surface area contributed by atoms with Crippen molar-refractivity contribution in [1.82, 2.24) is 0 Å². The molecule has 0 aliphatic carbocycles. The molecular weight excluding hydrogens is 455 g/mol. The zero-order chi connectivity index (χ0) is 24.5. The van der Waals surface area contributed by atoms with Crippen LogP contribution in [0.4, 0.5) is 0 Å². The van der Waals surface area contributed by atoms with Crippen molar-refractivity contribution in [1.29, 1.82) is 0 Å². The number of aliphatic hydroxyl groups is 1. The van der Waals surface area contributed by atoms with Gasteiger partial charge in [0.2, 0.25) is 0 Å². The van der Waals surface area contributed by atoms with E-state index in [1.165, 1.54) is 135 Å². The molecule has 0 aromatic carbocycles. The van der Waals surface area contributed by atoms with Gasteiger partial charge in [-0.15, -0.1) is 0 Å². The third kappa shape index (κ3) is 32.9. The summed E-state index contributed by atoms with van der Waals surface area (Å²) >= 11 is 0. The fourth-order valence-electron chi connectivity index (χ4n) is 4.67. The van der Waals surface area contributed by atoms with Gasteiger partial charge in [-0.3, -0.25) is 4.55 Å². The standard InChI is InChI=1S/C28H58O4S.Na.H/c1-2-3-4-5-6-7-8-9-10-11-12-13-14-15-16-17-18-19-20-21-22-23-24-25-26-28(29)27-33(30,31)32;;/h28-29H,2-27H2,1H3,(H,30,31,32);;. The molecule has 34 heavy (non-hydrogen) atoms. The molecule has 0 bridgehead atoms. The van der Waals surface area contributed by atoms with Crippen molar-refractivity contribution in [2.75, 3.05) is 5.75 Å². The first-order valence-corrected chi connectivity index (χ1v) is 16.2. The number of hydrogen-bond donors (Lipinski definition) is 2. The molecule has 6 heteroatoms. The van der Waals surface area contributed by atoms with Gasteiger partial charge in [-0.05, 0) is 6.42 Å². The summed E-state index contributed by atoms with van der Waals surface area (Å²) in [6.07, 6.45) is 32.0. The second kappa shape index (κ2) is 28.4. The van der Waals surface area contributed by atoms with Crippen molar-refractivity contribution in [3.63, 3.8) is 0 Å². The van der Waals surface area contributed by atoms with Crippen molar-refractivity contribution in [2.45, 2.75) is 174 Å². The maximum atomic E-state index is 10.7. The van der Waals surface area contributed by atoms with Gasteiger partial charge >= 0.3 is 29.6 Å². The Kier molecular flexibility index (Phi) is 31.0. The normalized spacial score (nSPS) is 12.6. The van der Waals surface area contributed by atoms with Crippen molar-refractivity contribution in [2.24, 2.45) is 0 Å². The van der Waals surface area contributed by atoms with Crippen LogP contribution in [-0.4, -0.2) is 59.5 Å². The summed E-state index contributed by atoms with van der Waals surface area (Å²) < 4.78 is 30.0. The summed E-state index contributed by atoms with van der Waals surface area (Å²) in [4.78, 5) is 0. The third-order valence-corrected chi connectivity index (χ3v) is 7.60. The van der Waals surface area contributed by atoms with Gasteiger partial charge in [-0.25, -0.2) is 0 Å². The predicted molar refractivity (Wildman–Crippen MR) is 151 cm³/mol. The van der Waals surface area contributed by atoms with E-state index in [9.17, 15) is 13.5 Å². The van der Waals surface area contributed by atoms with E-state index in [4.69, 9.17) is 4.55 Å². The van der Waals surface area contributed by atoms with Crippen LogP contribution in [0.15, 0.2) is 0 Å². The van der Waals surface area contributed by atoms with Gasteiger partial charge in [0, 0.05) is 0 Å². The van der Waals surface area contributed by atoms with E-state index in [-0.39, 0.29) is 29.6 Å². The molecule has 0 spiro atoms. The van der Waals surface area contributed by atoms with E-state index in [1.54, 1.807) is 0 Å². The molecule has 0 saturated carbocycles. The van der Waals surface area contributed by atoms with Crippen molar-refractivity contribution in [3.8, 4) is 0 Å². The molecule has 0 aromatic rings. The van der Waals surface area contributed by atoms with Gasteiger partial charge in [0.05, 0.1) is 6.10 Å². The minimum absolute atomic E-state index is 0. The zero-order valence-corrected chi connectivity index (χ0v) is 22.9. The first kappa shape index (κ1) is 37.0. The third-order valence-electron chi connectivity index (χ3n) is 6.79. The number of hydrogen-bond acceptors (Lipinski definition) is 3. The molecule has 0 heterocycles. The SMILES string of the molecule is CCCCCCCCCCCCCCCCCCCCCCCCCCC(O)CS(=O)(=O)O.[NaH]. The van der Waals surface area contributed by atoms with Crippen LogP contribution in [0, 0.1) is 0 Å². The molecule has 1 unspecified atom stereocenters. The van der Waals surface area contributed by atoms with Gasteiger partial charge in [-0.2, -0.15) is 8.42 Å². The molecule has 4 nitrogen and oxygen atoms in total. The van der Waals surface area contributed by atoms with Crippen LogP contribution in [0.1, 0.15) is 167 Å². The number of aliphatic hydroxyl groups excluding tert-OH is 1. The van der Waals surface area contributed by atoms with Crippen molar-refractivity contribution < 1.29 is 18.1 Å². The van der Waals surface area contributed by atoms with E-state index >= 15 is 0 Å². The summed E-state index contributed by atoms with van der Waals surface area (Å²) in [5.41, 5.74) is 0. The summed E-state index contributed by atoms with van der Waals surface area (Å²) in [5, 5.41) is 9.52. The molecule has 2 N–H and O–H groups in total. The van der Waals surface area contributed by atoms with E-state index in [0.717, 1.165) is 19.3 Å². The summed E-state index contributed by atoms with van der Waals surface area (Å²) in [5.74, 6) is -0.535. The van der Waals surface area contributed by atoms with Crippen LogP contribution in [0.25, 0.3) is 0 Å². The van der Waals surface area contributed by atoms with Crippen LogP contribution in [-0.2, 0) is 10.1 Å². The molecule has 1 atom stereocenters. The molecule has 0 aliphatic heterocycles. The van der Waals surface area contributed by atoms with E-state index < -0.39 is 22.0 Å². The summed E-state index contributed by atoms with van der Waals surface area (Å²) in [7, 11) is -4.05. The Balaban J connectivity index is 0. The fraction of sp³-hybridized carbons (Fsp3) is 1.00. The van der Waals surface area contributed by atoms with Crippen LogP contribution < -0.4 is 0 Å². The van der Waals surface area contributed by atoms with Crippen LogP contribution in [0.2, 0.25) is 0 Å². The van der Waals surface area contributed by atoms with Gasteiger partial charge in [0.15, 0.2) is 0 Å². The topological polar surface area (TPSA) is 74.6 Å². The first-order valence-electron chi connectivity index (χ1n) is 14.6. The van der Waals surface area contributed by atoms with E-state index in [2.05, 4.69) is 6.92 Å². The monoisotopic (exact) mass is 514 g/mol. The quantitative estimate of drug-likeness (QED) is 0.0656. The van der Waals surface area contributed by atoms with E-state index in [0.29, 0.717) is 6.42 Å². The fourth-order valence-corrected chi connectivity index (χ4v) is 5.32. The molecule has 0 fully saturated rings. The second-order valence-electron chi connectivity index (χ2n) is 10.3. The molecule has 202 valence electrons. The minimum atomic E-state index is -4.05. The average Bonchev–Trinajstić information content (AvgIpc) is 2.75. The molecule has 0 aromatic heterocycles. The number of rotatable bonds is 27. The van der Waals surface area contributed by atoms with Crippen LogP contribution in [0.5, 0.6) is 0 Å². The molecular formula is C28H59NaO4S. The van der Waals surface area contributed by atoms with Crippen molar-refractivity contribution >= 4 is 39.7 Å². The Morgan fingerprint density at radius 1 is 0.500 bits per heavy atom. The van der Waals surface area contributed by atoms with Gasteiger partial charge in [0.1, 0.15) is 5.75 Å². The first-order chi connectivity index (χ1) is 16.0. The summed E-state index contributed by atoms with van der Waals surface area (Å²) in [6, 6.07) is 0. The van der Waals surface area contributed by atoms with Gasteiger partial charge < -0.3 is 5.11 Å². The Morgan fingerprint density at radius 2 is 0.735 bits per heavy atom. The number of unbranched alkanes of at least 4 members (excludes halogenated alkanes) is 23. The van der Waals surface area contributed by atoms with E-state index in [1.807, 2.05) is 0 Å². The second-order valence-corrected chi connectivity index (χ2v) is 11.8. The van der Waals surface area contributed by atoms with Crippen molar-refractivity contribution in [3.05, 3.63) is 0 Å². The predicted octanol–water partition coefficient (Wildman–Crippen LogP) is 8.36. The molecule has 0 saturated heterocycles.